The summed E-state index contributed by atoms with van der Waals surface area (Å²) in [6, 6.07) is 10.3. The zero-order valence-electron chi connectivity index (χ0n) is 14.1. The molecule has 2 aromatic carbocycles. The summed E-state index contributed by atoms with van der Waals surface area (Å²) in [6.07, 6.45) is -0.421. The van der Waals surface area contributed by atoms with Crippen molar-refractivity contribution in [1.29, 1.82) is 0 Å². The Morgan fingerprint density at radius 2 is 1.81 bits per heavy atom. The number of hydrogen-bond acceptors (Lipinski definition) is 4. The van der Waals surface area contributed by atoms with E-state index in [0.717, 1.165) is 5.56 Å². The second-order valence-corrected chi connectivity index (χ2v) is 7.00. The van der Waals surface area contributed by atoms with Crippen molar-refractivity contribution in [3.63, 3.8) is 0 Å². The summed E-state index contributed by atoms with van der Waals surface area (Å²) in [5.74, 6) is 0.958. The number of thioether (sulfide) groups is 1. The lowest BCUT2D eigenvalue weighted by Crippen LogP contribution is -2.10. The van der Waals surface area contributed by atoms with Crippen LogP contribution in [0.4, 0.5) is 8.78 Å². The Bertz CT molecular complexity index is 902. The molecule has 0 fully saturated rings. The summed E-state index contributed by atoms with van der Waals surface area (Å²) < 4.78 is 33.7. The first-order valence-corrected chi connectivity index (χ1v) is 9.18. The van der Waals surface area contributed by atoms with Gasteiger partial charge in [0.25, 0.3) is 0 Å². The van der Waals surface area contributed by atoms with E-state index in [1.165, 1.54) is 42.1 Å². The fourth-order valence-corrected chi connectivity index (χ4v) is 3.43. The van der Waals surface area contributed by atoms with Gasteiger partial charge in [-0.2, -0.15) is 0 Å². The summed E-state index contributed by atoms with van der Waals surface area (Å²) >= 11 is 7.49. The molecule has 0 saturated carbocycles. The van der Waals surface area contributed by atoms with Crippen molar-refractivity contribution < 1.29 is 13.5 Å². The Kier molecular flexibility index (Phi) is 5.78. The third-order valence-electron chi connectivity index (χ3n) is 3.71. The van der Waals surface area contributed by atoms with Crippen LogP contribution in [-0.4, -0.2) is 14.8 Å². The number of hydrogen-bond donors (Lipinski definition) is 0. The highest BCUT2D eigenvalue weighted by atomic mass is 35.5. The maximum absolute atomic E-state index is 13.1. The summed E-state index contributed by atoms with van der Waals surface area (Å²) in [5.41, 5.74) is 0.989. The highest BCUT2D eigenvalue weighted by Crippen LogP contribution is 2.30. The molecule has 26 heavy (non-hydrogen) atoms. The zero-order chi connectivity index (χ0) is 18.7. The van der Waals surface area contributed by atoms with Crippen LogP contribution in [0, 0.1) is 11.6 Å². The Labute approximate surface area is 159 Å². The molecule has 8 heteroatoms. The van der Waals surface area contributed by atoms with Crippen molar-refractivity contribution in [2.24, 2.45) is 7.05 Å². The fraction of sp³-hybridized carbons (Fsp3) is 0.222. The number of nitrogens with zero attached hydrogens (tertiary/aromatic N) is 3. The standard InChI is InChI=1S/C18H16ClF2N3OS/c1-11(25-16-8-7-14(21)9-15(16)19)17-22-23-18(24(17)2)26-10-12-3-5-13(20)6-4-12/h3-9,11H,10H2,1-2H3. The van der Waals surface area contributed by atoms with E-state index in [0.29, 0.717) is 22.5 Å². The van der Waals surface area contributed by atoms with Gasteiger partial charge < -0.3 is 9.30 Å². The number of ether oxygens (including phenoxy) is 1. The van der Waals surface area contributed by atoms with Gasteiger partial charge in [0.2, 0.25) is 0 Å². The normalized spacial score (nSPS) is 12.2. The van der Waals surface area contributed by atoms with Gasteiger partial charge in [-0.05, 0) is 42.8 Å². The Morgan fingerprint density at radius 1 is 1.12 bits per heavy atom. The van der Waals surface area contributed by atoms with Crippen LogP contribution in [-0.2, 0) is 12.8 Å². The third-order valence-corrected chi connectivity index (χ3v) is 5.10. The minimum absolute atomic E-state index is 0.199. The molecule has 1 atom stereocenters. The van der Waals surface area contributed by atoms with E-state index in [1.807, 2.05) is 18.5 Å². The summed E-state index contributed by atoms with van der Waals surface area (Å²) in [6.45, 7) is 1.82. The van der Waals surface area contributed by atoms with Crippen molar-refractivity contribution in [3.8, 4) is 5.75 Å². The molecule has 0 aliphatic carbocycles. The lowest BCUT2D eigenvalue weighted by Gasteiger charge is -2.15. The van der Waals surface area contributed by atoms with Gasteiger partial charge in [-0.15, -0.1) is 10.2 Å². The molecule has 0 saturated heterocycles. The van der Waals surface area contributed by atoms with Gasteiger partial charge in [0.05, 0.1) is 5.02 Å². The summed E-state index contributed by atoms with van der Waals surface area (Å²) in [4.78, 5) is 0. The largest absolute Gasteiger partial charge is 0.481 e. The second-order valence-electron chi connectivity index (χ2n) is 5.65. The van der Waals surface area contributed by atoms with E-state index >= 15 is 0 Å². The molecule has 136 valence electrons. The van der Waals surface area contributed by atoms with E-state index in [9.17, 15) is 8.78 Å². The summed E-state index contributed by atoms with van der Waals surface area (Å²) in [5, 5.41) is 9.26. The third kappa shape index (κ3) is 4.34. The van der Waals surface area contributed by atoms with Crippen LogP contribution in [0.1, 0.15) is 24.4 Å². The number of aromatic nitrogens is 3. The topological polar surface area (TPSA) is 39.9 Å². The van der Waals surface area contributed by atoms with E-state index in [1.54, 1.807) is 12.1 Å². The van der Waals surface area contributed by atoms with Crippen molar-refractivity contribution in [1.82, 2.24) is 14.8 Å². The highest BCUT2D eigenvalue weighted by Gasteiger charge is 2.18. The lowest BCUT2D eigenvalue weighted by molar-refractivity contribution is 0.211. The van der Waals surface area contributed by atoms with Crippen LogP contribution in [0.5, 0.6) is 5.75 Å². The van der Waals surface area contributed by atoms with E-state index in [-0.39, 0.29) is 10.8 Å². The molecule has 0 amide bonds. The fourth-order valence-electron chi connectivity index (χ4n) is 2.35. The minimum atomic E-state index is -0.423. The molecule has 0 radical (unpaired) electrons. The summed E-state index contributed by atoms with van der Waals surface area (Å²) in [7, 11) is 1.84. The van der Waals surface area contributed by atoms with Crippen molar-refractivity contribution >= 4 is 23.4 Å². The smallest absolute Gasteiger partial charge is 0.191 e. The number of benzene rings is 2. The molecule has 1 unspecified atom stereocenters. The monoisotopic (exact) mass is 395 g/mol. The van der Waals surface area contributed by atoms with Crippen molar-refractivity contribution in [2.75, 3.05) is 0 Å². The Hall–Kier alpha value is -2.12. The zero-order valence-corrected chi connectivity index (χ0v) is 15.7. The molecule has 0 N–H and O–H groups in total. The molecule has 0 aliphatic rings. The molecule has 0 bridgehead atoms. The molecular formula is C18H16ClF2N3OS. The molecule has 0 spiro atoms. The minimum Gasteiger partial charge on any atom is -0.481 e. The predicted octanol–water partition coefficient (Wildman–Crippen LogP) is 5.18. The lowest BCUT2D eigenvalue weighted by atomic mass is 10.2. The van der Waals surface area contributed by atoms with Crippen LogP contribution < -0.4 is 4.74 Å². The van der Waals surface area contributed by atoms with Gasteiger partial charge in [-0.3, -0.25) is 0 Å². The number of halogens is 3. The van der Waals surface area contributed by atoms with E-state index in [2.05, 4.69) is 10.2 Å². The molecule has 1 heterocycles. The molecular weight excluding hydrogens is 380 g/mol. The molecule has 3 aromatic rings. The van der Waals surface area contributed by atoms with Gasteiger partial charge in [-0.25, -0.2) is 8.78 Å². The first kappa shape index (κ1) is 18.7. The van der Waals surface area contributed by atoms with Crippen LogP contribution in [0.25, 0.3) is 0 Å². The molecule has 4 nitrogen and oxygen atoms in total. The van der Waals surface area contributed by atoms with E-state index in [4.69, 9.17) is 16.3 Å². The van der Waals surface area contributed by atoms with Gasteiger partial charge in [0.1, 0.15) is 17.4 Å². The number of rotatable bonds is 6. The first-order valence-electron chi connectivity index (χ1n) is 7.82. The van der Waals surface area contributed by atoms with Gasteiger partial charge in [0, 0.05) is 12.8 Å². The van der Waals surface area contributed by atoms with E-state index < -0.39 is 11.9 Å². The Morgan fingerprint density at radius 3 is 2.50 bits per heavy atom. The predicted molar refractivity (Wildman–Crippen MR) is 97.4 cm³/mol. The van der Waals surface area contributed by atoms with Gasteiger partial charge in [0.15, 0.2) is 17.1 Å². The molecule has 1 aromatic heterocycles. The van der Waals surface area contributed by atoms with Gasteiger partial charge in [-0.1, -0.05) is 35.5 Å². The average molecular weight is 396 g/mol. The average Bonchev–Trinajstić information content (AvgIpc) is 2.98. The maximum atomic E-state index is 13.1. The Balaban J connectivity index is 1.68. The first-order chi connectivity index (χ1) is 12.4. The van der Waals surface area contributed by atoms with Crippen LogP contribution in [0.15, 0.2) is 47.6 Å². The van der Waals surface area contributed by atoms with Crippen LogP contribution >= 0.6 is 23.4 Å². The quantitative estimate of drug-likeness (QED) is 0.539. The SMILES string of the molecule is CC(Oc1ccc(F)cc1Cl)c1nnc(SCc2ccc(F)cc2)n1C. The molecule has 0 aliphatic heterocycles. The van der Waals surface area contributed by atoms with Crippen LogP contribution in [0.3, 0.4) is 0 Å². The van der Waals surface area contributed by atoms with Crippen LogP contribution in [0.2, 0.25) is 5.02 Å². The highest BCUT2D eigenvalue weighted by molar-refractivity contribution is 7.98. The van der Waals surface area contributed by atoms with Gasteiger partial charge >= 0.3 is 0 Å². The maximum Gasteiger partial charge on any atom is 0.191 e. The van der Waals surface area contributed by atoms with Crippen molar-refractivity contribution in [3.05, 3.63) is 70.5 Å². The second kappa shape index (κ2) is 8.05. The molecule has 3 rings (SSSR count). The van der Waals surface area contributed by atoms with Crippen molar-refractivity contribution in [2.45, 2.75) is 23.9 Å².